The van der Waals surface area contributed by atoms with E-state index in [1.807, 2.05) is 54.6 Å². The zero-order valence-electron chi connectivity index (χ0n) is 15.7. The Balaban J connectivity index is 1.61. The molecule has 0 aliphatic carbocycles. The van der Waals surface area contributed by atoms with Gasteiger partial charge in [0.1, 0.15) is 5.69 Å². The number of nitrogens with zero attached hydrogens (tertiary/aromatic N) is 1. The number of hydrogen-bond donors (Lipinski definition) is 2. The van der Waals surface area contributed by atoms with Crippen LogP contribution in [-0.2, 0) is 24.5 Å². The van der Waals surface area contributed by atoms with Crippen LogP contribution in [-0.4, -0.2) is 10.8 Å². The molecule has 148 valence electrons. The Kier molecular flexibility index (Phi) is 6.55. The highest BCUT2D eigenvalue weighted by atomic mass is 16.6. The number of nitro benzene ring substituents is 1. The Morgan fingerprint density at radius 1 is 0.966 bits per heavy atom. The van der Waals surface area contributed by atoms with E-state index >= 15 is 0 Å². The van der Waals surface area contributed by atoms with E-state index in [0.29, 0.717) is 13.2 Å². The molecule has 0 aliphatic rings. The van der Waals surface area contributed by atoms with E-state index in [1.165, 1.54) is 18.2 Å². The summed E-state index contributed by atoms with van der Waals surface area (Å²) < 4.78 is 5.79. The van der Waals surface area contributed by atoms with Gasteiger partial charge in [0.25, 0.3) is 11.6 Å². The third-order valence-electron chi connectivity index (χ3n) is 4.42. The number of carbonyl (C=O) groups excluding carboxylic acids is 1. The van der Waals surface area contributed by atoms with Gasteiger partial charge in [0.05, 0.1) is 18.1 Å². The van der Waals surface area contributed by atoms with Crippen molar-refractivity contribution < 1.29 is 14.5 Å². The third-order valence-corrected chi connectivity index (χ3v) is 4.42. The van der Waals surface area contributed by atoms with Gasteiger partial charge in [-0.2, -0.15) is 0 Å². The molecule has 7 nitrogen and oxygen atoms in total. The minimum Gasteiger partial charge on any atom is -0.393 e. The number of nitrogens with two attached hydrogens (primary N) is 1. The average Bonchev–Trinajstić information content (AvgIpc) is 2.73. The molecule has 0 spiro atoms. The minimum atomic E-state index is -0.606. The van der Waals surface area contributed by atoms with Crippen LogP contribution in [0.3, 0.4) is 0 Å². The summed E-state index contributed by atoms with van der Waals surface area (Å²) >= 11 is 0. The summed E-state index contributed by atoms with van der Waals surface area (Å²) in [6, 6.07) is 21.5. The number of nitro groups is 1. The number of amides is 1. The second-order valence-corrected chi connectivity index (χ2v) is 6.46. The topological polar surface area (TPSA) is 107 Å². The van der Waals surface area contributed by atoms with Crippen LogP contribution in [0.25, 0.3) is 0 Å². The average molecular weight is 391 g/mol. The predicted octanol–water partition coefficient (Wildman–Crippen LogP) is 3.82. The van der Waals surface area contributed by atoms with Gasteiger partial charge >= 0.3 is 0 Å². The van der Waals surface area contributed by atoms with Crippen LogP contribution < -0.4 is 11.1 Å². The van der Waals surface area contributed by atoms with Gasteiger partial charge in [-0.3, -0.25) is 14.9 Å². The van der Waals surface area contributed by atoms with Gasteiger partial charge in [-0.1, -0.05) is 54.6 Å². The summed E-state index contributed by atoms with van der Waals surface area (Å²) in [6.07, 6.45) is 0. The SMILES string of the molecule is Nc1ccc(C(=O)NCc2ccccc2COCc2ccccc2)cc1[N+](=O)[O-]. The fourth-order valence-electron chi connectivity index (χ4n) is 2.84. The van der Waals surface area contributed by atoms with Gasteiger partial charge in [-0.05, 0) is 28.8 Å². The number of ether oxygens (including phenoxy) is 1. The second-order valence-electron chi connectivity index (χ2n) is 6.46. The second kappa shape index (κ2) is 9.48. The standard InChI is InChI=1S/C22H21N3O4/c23-20-11-10-17(12-21(20)25(27)28)22(26)24-13-18-8-4-5-9-19(18)15-29-14-16-6-2-1-3-7-16/h1-12H,13-15,23H2,(H,24,26). The molecule has 3 aromatic rings. The van der Waals surface area contributed by atoms with Crippen LogP contribution in [0.1, 0.15) is 27.0 Å². The smallest absolute Gasteiger partial charge is 0.292 e. The van der Waals surface area contributed by atoms with Gasteiger partial charge in [0.2, 0.25) is 0 Å². The molecule has 1 amide bonds. The first kappa shape index (κ1) is 20.0. The maximum atomic E-state index is 12.4. The zero-order valence-corrected chi connectivity index (χ0v) is 15.7. The van der Waals surface area contributed by atoms with Gasteiger partial charge in [0, 0.05) is 18.2 Å². The Bertz CT molecular complexity index is 1010. The van der Waals surface area contributed by atoms with Crippen molar-refractivity contribution in [1.29, 1.82) is 0 Å². The van der Waals surface area contributed by atoms with Crippen LogP contribution in [0.15, 0.2) is 72.8 Å². The molecule has 0 unspecified atom stereocenters. The van der Waals surface area contributed by atoms with Crippen LogP contribution >= 0.6 is 0 Å². The van der Waals surface area contributed by atoms with E-state index in [4.69, 9.17) is 10.5 Å². The van der Waals surface area contributed by atoms with Crippen molar-refractivity contribution in [2.75, 3.05) is 5.73 Å². The molecule has 0 atom stereocenters. The Morgan fingerprint density at radius 2 is 1.66 bits per heavy atom. The lowest BCUT2D eigenvalue weighted by Gasteiger charge is -2.12. The molecule has 3 aromatic carbocycles. The number of nitrogens with one attached hydrogen (secondary N) is 1. The van der Waals surface area contributed by atoms with E-state index in [1.54, 1.807) is 0 Å². The van der Waals surface area contributed by atoms with Gasteiger partial charge in [0.15, 0.2) is 0 Å². The Morgan fingerprint density at radius 3 is 2.38 bits per heavy atom. The highest BCUT2D eigenvalue weighted by molar-refractivity contribution is 5.95. The van der Waals surface area contributed by atoms with Crippen LogP contribution in [0.4, 0.5) is 11.4 Å². The molecule has 3 N–H and O–H groups in total. The van der Waals surface area contributed by atoms with E-state index < -0.39 is 10.8 Å². The number of anilines is 1. The van der Waals surface area contributed by atoms with Crippen LogP contribution in [0.5, 0.6) is 0 Å². The Labute approximate surface area is 168 Å². The largest absolute Gasteiger partial charge is 0.393 e. The highest BCUT2D eigenvalue weighted by Crippen LogP contribution is 2.22. The van der Waals surface area contributed by atoms with Crippen molar-refractivity contribution in [2.24, 2.45) is 0 Å². The first-order valence-corrected chi connectivity index (χ1v) is 9.05. The maximum absolute atomic E-state index is 12.4. The molecule has 0 saturated carbocycles. The summed E-state index contributed by atoms with van der Waals surface area (Å²) in [5.41, 5.74) is 8.46. The van der Waals surface area contributed by atoms with E-state index in [2.05, 4.69) is 5.32 Å². The normalized spacial score (nSPS) is 10.5. The van der Waals surface area contributed by atoms with Crippen LogP contribution in [0, 0.1) is 10.1 Å². The lowest BCUT2D eigenvalue weighted by atomic mass is 10.1. The van der Waals surface area contributed by atoms with Crippen molar-refractivity contribution in [3.8, 4) is 0 Å². The van der Waals surface area contributed by atoms with Crippen molar-refractivity contribution in [1.82, 2.24) is 5.32 Å². The summed E-state index contributed by atoms with van der Waals surface area (Å²) in [6.45, 7) is 1.19. The summed E-state index contributed by atoms with van der Waals surface area (Å²) in [5, 5.41) is 13.8. The molecular weight excluding hydrogens is 370 g/mol. The molecule has 7 heteroatoms. The quantitative estimate of drug-likeness (QED) is 0.345. The lowest BCUT2D eigenvalue weighted by Crippen LogP contribution is -2.23. The Hall–Kier alpha value is -3.71. The number of rotatable bonds is 8. The van der Waals surface area contributed by atoms with E-state index in [9.17, 15) is 14.9 Å². The lowest BCUT2D eigenvalue weighted by molar-refractivity contribution is -0.383. The molecule has 0 saturated heterocycles. The summed E-state index contributed by atoms with van der Waals surface area (Å²) in [5.74, 6) is -0.409. The molecule has 0 heterocycles. The first-order valence-electron chi connectivity index (χ1n) is 9.05. The van der Waals surface area contributed by atoms with Crippen molar-refractivity contribution >= 4 is 17.3 Å². The highest BCUT2D eigenvalue weighted by Gasteiger charge is 2.15. The molecule has 3 rings (SSSR count). The number of benzene rings is 3. The predicted molar refractivity (Wildman–Crippen MR) is 110 cm³/mol. The third kappa shape index (κ3) is 5.40. The van der Waals surface area contributed by atoms with Gasteiger partial charge in [-0.15, -0.1) is 0 Å². The molecule has 0 radical (unpaired) electrons. The van der Waals surface area contributed by atoms with Gasteiger partial charge in [-0.25, -0.2) is 0 Å². The summed E-state index contributed by atoms with van der Waals surface area (Å²) in [7, 11) is 0. The fraction of sp³-hybridized carbons (Fsp3) is 0.136. The maximum Gasteiger partial charge on any atom is 0.292 e. The molecule has 29 heavy (non-hydrogen) atoms. The zero-order chi connectivity index (χ0) is 20.6. The van der Waals surface area contributed by atoms with Crippen molar-refractivity contribution in [3.05, 3.63) is 105 Å². The minimum absolute atomic E-state index is 0.0208. The molecule has 0 aromatic heterocycles. The monoisotopic (exact) mass is 391 g/mol. The van der Waals surface area contributed by atoms with E-state index in [0.717, 1.165) is 16.7 Å². The molecular formula is C22H21N3O4. The van der Waals surface area contributed by atoms with Gasteiger partial charge < -0.3 is 15.8 Å². The van der Waals surface area contributed by atoms with E-state index in [-0.39, 0.29) is 23.5 Å². The van der Waals surface area contributed by atoms with Crippen LogP contribution in [0.2, 0.25) is 0 Å². The molecule has 0 fully saturated rings. The number of hydrogen-bond acceptors (Lipinski definition) is 5. The van der Waals surface area contributed by atoms with Crippen molar-refractivity contribution in [2.45, 2.75) is 19.8 Å². The number of carbonyl (C=O) groups is 1. The fourth-order valence-corrected chi connectivity index (χ4v) is 2.84. The first-order chi connectivity index (χ1) is 14.0. The number of nitrogen functional groups attached to an aromatic ring is 1. The molecule has 0 bridgehead atoms. The summed E-state index contributed by atoms with van der Waals surface area (Å²) in [4.78, 5) is 22.8. The molecule has 0 aliphatic heterocycles. The van der Waals surface area contributed by atoms with Crippen molar-refractivity contribution in [3.63, 3.8) is 0 Å².